The first-order valence-electron chi connectivity index (χ1n) is 11.0. The van der Waals surface area contributed by atoms with Gasteiger partial charge in [0.25, 0.3) is 0 Å². The highest BCUT2D eigenvalue weighted by Gasteiger charge is 2.76. The highest BCUT2D eigenvalue weighted by molar-refractivity contribution is 9.09. The Morgan fingerprint density at radius 1 is 1.29 bits per heavy atom. The van der Waals surface area contributed by atoms with Crippen LogP contribution in [0.25, 0.3) is 0 Å². The molecule has 31 heavy (non-hydrogen) atoms. The first-order valence-corrected chi connectivity index (χ1v) is 11.9. The Morgan fingerprint density at radius 2 is 1.90 bits per heavy atom. The third kappa shape index (κ3) is 4.02. The molecule has 3 fully saturated rings. The highest BCUT2D eigenvalue weighted by atomic mass is 79.9. The predicted molar refractivity (Wildman–Crippen MR) is 119 cm³/mol. The third-order valence-corrected chi connectivity index (χ3v) is 7.54. The minimum Gasteiger partial charge on any atom is -0.394 e. The molecule has 1 spiro atoms. The fourth-order valence-corrected chi connectivity index (χ4v) is 7.11. The molecule has 3 amide bonds. The zero-order chi connectivity index (χ0) is 23.5. The van der Waals surface area contributed by atoms with Gasteiger partial charge in [0.15, 0.2) is 0 Å². The second-order valence-corrected chi connectivity index (χ2v) is 12.3. The molecule has 0 aliphatic carbocycles. The number of rotatable bonds is 6. The van der Waals surface area contributed by atoms with Gasteiger partial charge in [0, 0.05) is 17.4 Å². The molecule has 0 aromatic rings. The number of fused-ring (bicyclic) bond motifs is 1. The van der Waals surface area contributed by atoms with Crippen LogP contribution in [0.2, 0.25) is 0 Å². The Kier molecular flexibility index (Phi) is 6.30. The van der Waals surface area contributed by atoms with Crippen molar-refractivity contribution in [3.05, 3.63) is 0 Å². The molecule has 3 saturated heterocycles. The number of carbonyl (C=O) groups is 3. The van der Waals surface area contributed by atoms with Gasteiger partial charge in [-0.3, -0.25) is 14.4 Å². The molecule has 8 nitrogen and oxygen atoms in total. The number of aliphatic hydroxyl groups excluding tert-OH is 1. The minimum absolute atomic E-state index is 0.00521. The quantitative estimate of drug-likeness (QED) is 0.473. The maximum absolute atomic E-state index is 13.7. The average Bonchev–Trinajstić information content (AvgIpc) is 3.21. The molecule has 176 valence electrons. The first kappa shape index (κ1) is 24.5. The normalized spacial score (nSPS) is 35.8. The van der Waals surface area contributed by atoms with Crippen LogP contribution in [0.1, 0.15) is 54.4 Å². The second kappa shape index (κ2) is 7.99. The fraction of sp³-hybridized carbons (Fsp3) is 0.864. The van der Waals surface area contributed by atoms with E-state index in [0.29, 0.717) is 6.42 Å². The van der Waals surface area contributed by atoms with E-state index in [2.05, 4.69) is 47.3 Å². The first-order chi connectivity index (χ1) is 14.2. The Hall–Kier alpha value is -1.19. The Labute approximate surface area is 193 Å². The van der Waals surface area contributed by atoms with Crippen LogP contribution in [0.4, 0.5) is 0 Å². The van der Waals surface area contributed by atoms with E-state index < -0.39 is 41.2 Å². The van der Waals surface area contributed by atoms with Crippen LogP contribution < -0.4 is 10.6 Å². The van der Waals surface area contributed by atoms with Crippen LogP contribution in [-0.2, 0) is 19.1 Å². The summed E-state index contributed by atoms with van der Waals surface area (Å²) in [5, 5.41) is 15.6. The van der Waals surface area contributed by atoms with Crippen LogP contribution in [0.15, 0.2) is 0 Å². The maximum atomic E-state index is 13.7. The number of amides is 3. The van der Waals surface area contributed by atoms with Crippen LogP contribution >= 0.6 is 15.9 Å². The Balaban J connectivity index is 2.02. The number of hydrogen-bond donors (Lipinski definition) is 3. The van der Waals surface area contributed by atoms with Crippen molar-refractivity contribution in [2.45, 2.75) is 88.5 Å². The van der Waals surface area contributed by atoms with E-state index in [-0.39, 0.29) is 34.6 Å². The molecule has 0 radical (unpaired) electrons. The molecular formula is C22H36BrN3O5. The number of ether oxygens (including phenoxy) is 1. The summed E-state index contributed by atoms with van der Waals surface area (Å²) in [5.41, 5.74) is -1.61. The minimum atomic E-state index is -1.10. The van der Waals surface area contributed by atoms with E-state index in [4.69, 9.17) is 4.74 Å². The summed E-state index contributed by atoms with van der Waals surface area (Å²) in [6, 6.07) is -1.48. The largest absolute Gasteiger partial charge is 0.394 e. The monoisotopic (exact) mass is 501 g/mol. The van der Waals surface area contributed by atoms with Gasteiger partial charge in [-0.2, -0.15) is 0 Å². The average molecular weight is 502 g/mol. The molecular weight excluding hydrogens is 466 g/mol. The van der Waals surface area contributed by atoms with Gasteiger partial charge in [-0.15, -0.1) is 0 Å². The SMILES string of the molecule is CNC(=O)[C@H]1[C@H]2C(=O)N([C@H](C)CO)C(C(=O)NC(C)(C)CC(C)(C)C)C23CC(Br)[C@@H]1O3. The predicted octanol–water partition coefficient (Wildman–Crippen LogP) is 1.19. The van der Waals surface area contributed by atoms with Crippen LogP contribution in [0.3, 0.4) is 0 Å². The summed E-state index contributed by atoms with van der Waals surface area (Å²) >= 11 is 3.62. The maximum Gasteiger partial charge on any atom is 0.246 e. The van der Waals surface area contributed by atoms with Crippen molar-refractivity contribution in [1.82, 2.24) is 15.5 Å². The molecule has 7 atom stereocenters. The van der Waals surface area contributed by atoms with Crippen molar-refractivity contribution in [3.63, 3.8) is 0 Å². The number of likely N-dealkylation sites (tertiary alicyclic amines) is 1. The summed E-state index contributed by atoms with van der Waals surface area (Å²) < 4.78 is 6.36. The lowest BCUT2D eigenvalue weighted by molar-refractivity contribution is -0.145. The number of nitrogens with zero attached hydrogens (tertiary/aromatic N) is 1. The van der Waals surface area contributed by atoms with Gasteiger partial charge in [0.1, 0.15) is 11.6 Å². The number of alkyl halides is 1. The summed E-state index contributed by atoms with van der Waals surface area (Å²) in [6.45, 7) is 11.7. The van der Waals surface area contributed by atoms with Crippen molar-refractivity contribution in [2.75, 3.05) is 13.7 Å². The molecule has 9 heteroatoms. The molecule has 3 aliphatic heterocycles. The molecule has 0 aromatic heterocycles. The van der Waals surface area contributed by atoms with Crippen molar-refractivity contribution in [1.29, 1.82) is 0 Å². The van der Waals surface area contributed by atoms with Crippen molar-refractivity contribution in [3.8, 4) is 0 Å². The van der Waals surface area contributed by atoms with Crippen LogP contribution in [0, 0.1) is 17.3 Å². The lowest BCUT2D eigenvalue weighted by atomic mass is 9.70. The Bertz CT molecular complexity index is 767. The van der Waals surface area contributed by atoms with Crippen LogP contribution in [-0.4, -0.2) is 75.5 Å². The summed E-state index contributed by atoms with van der Waals surface area (Å²) in [6.07, 6.45) is 0.719. The Morgan fingerprint density at radius 3 is 2.42 bits per heavy atom. The van der Waals surface area contributed by atoms with Gasteiger partial charge in [0.2, 0.25) is 17.7 Å². The second-order valence-electron chi connectivity index (χ2n) is 11.2. The van der Waals surface area contributed by atoms with E-state index in [1.807, 2.05) is 13.8 Å². The molecule has 2 bridgehead atoms. The van der Waals surface area contributed by atoms with Crippen LogP contribution in [0.5, 0.6) is 0 Å². The third-order valence-electron chi connectivity index (χ3n) is 6.70. The van der Waals surface area contributed by atoms with Gasteiger partial charge in [-0.05, 0) is 39.0 Å². The summed E-state index contributed by atoms with van der Waals surface area (Å²) in [4.78, 5) is 41.3. The zero-order valence-electron chi connectivity index (χ0n) is 19.5. The lowest BCUT2D eigenvalue weighted by Crippen LogP contribution is -2.61. The van der Waals surface area contributed by atoms with Gasteiger partial charge in [-0.1, -0.05) is 36.7 Å². The number of nitrogens with one attached hydrogen (secondary N) is 2. The molecule has 3 heterocycles. The number of carbonyl (C=O) groups excluding carboxylic acids is 3. The number of aliphatic hydroxyl groups is 1. The molecule has 3 aliphatic rings. The van der Waals surface area contributed by atoms with Crippen molar-refractivity contribution in [2.24, 2.45) is 17.3 Å². The topological polar surface area (TPSA) is 108 Å². The molecule has 3 N–H and O–H groups in total. The summed E-state index contributed by atoms with van der Waals surface area (Å²) in [5.74, 6) is -2.29. The van der Waals surface area contributed by atoms with Gasteiger partial charge in [-0.25, -0.2) is 0 Å². The van der Waals surface area contributed by atoms with Crippen molar-refractivity contribution >= 4 is 33.7 Å². The summed E-state index contributed by atoms with van der Waals surface area (Å²) in [7, 11) is 1.54. The molecule has 3 unspecified atom stereocenters. The fourth-order valence-electron chi connectivity index (χ4n) is 6.17. The molecule has 0 aromatic carbocycles. The van der Waals surface area contributed by atoms with Gasteiger partial charge >= 0.3 is 0 Å². The number of hydrogen-bond acceptors (Lipinski definition) is 5. The zero-order valence-corrected chi connectivity index (χ0v) is 21.1. The van der Waals surface area contributed by atoms with Gasteiger partial charge in [0.05, 0.1) is 30.6 Å². The smallest absolute Gasteiger partial charge is 0.246 e. The van der Waals surface area contributed by atoms with E-state index in [1.54, 1.807) is 6.92 Å². The van der Waals surface area contributed by atoms with Gasteiger partial charge < -0.3 is 25.4 Å². The van der Waals surface area contributed by atoms with E-state index in [0.717, 1.165) is 6.42 Å². The molecule has 3 rings (SSSR count). The number of halogens is 1. The van der Waals surface area contributed by atoms with E-state index in [1.165, 1.54) is 11.9 Å². The van der Waals surface area contributed by atoms with E-state index >= 15 is 0 Å². The van der Waals surface area contributed by atoms with Crippen molar-refractivity contribution < 1.29 is 24.2 Å². The van der Waals surface area contributed by atoms with E-state index in [9.17, 15) is 19.5 Å². The lowest BCUT2D eigenvalue weighted by Gasteiger charge is -2.39. The standard InChI is InChI=1S/C22H36BrN3O5/c1-11(9-27)26-16(18(29)25-21(5,6)10-20(2,3)4)22-8-12(23)15(31-22)13(17(28)24-7)14(22)19(26)30/h11-16,27H,8-10H2,1-7H3,(H,24,28)(H,25,29)/t11-,12?,13+,14+,15+,16?,22?/m1/s1. The highest BCUT2D eigenvalue weighted by Crippen LogP contribution is 2.60. The molecule has 0 saturated carbocycles.